The molecule has 6 heteroatoms. The molecule has 0 saturated heterocycles. The molecule has 2 aromatic carbocycles. The molecule has 106 valence electrons. The van der Waals surface area contributed by atoms with E-state index in [0.717, 1.165) is 33.9 Å². The minimum absolute atomic E-state index is 0.513. The number of H-pyrrole nitrogens is 1. The van der Waals surface area contributed by atoms with Crippen molar-refractivity contribution in [1.29, 1.82) is 0 Å². The van der Waals surface area contributed by atoms with Crippen molar-refractivity contribution in [2.45, 2.75) is 0 Å². The Morgan fingerprint density at radius 1 is 1.10 bits per heavy atom. The number of halogens is 1. The molecule has 0 spiro atoms. The van der Waals surface area contributed by atoms with E-state index in [0.29, 0.717) is 23.9 Å². The van der Waals surface area contributed by atoms with Gasteiger partial charge in [-0.3, -0.25) is 0 Å². The third-order valence-electron chi connectivity index (χ3n) is 3.42. The van der Waals surface area contributed by atoms with Gasteiger partial charge in [-0.2, -0.15) is 0 Å². The van der Waals surface area contributed by atoms with E-state index >= 15 is 0 Å². The Morgan fingerprint density at radius 3 is 2.62 bits per heavy atom. The first-order valence-electron chi connectivity index (χ1n) is 6.55. The molecule has 1 aliphatic rings. The van der Waals surface area contributed by atoms with E-state index in [2.05, 4.69) is 9.97 Å². The van der Waals surface area contributed by atoms with Crippen LogP contribution in [-0.2, 0) is 0 Å². The minimum atomic E-state index is 0.513. The second-order valence-electron chi connectivity index (χ2n) is 4.83. The Kier molecular flexibility index (Phi) is 2.68. The number of benzene rings is 2. The molecule has 0 radical (unpaired) electrons. The maximum absolute atomic E-state index is 6.06. The first kappa shape index (κ1) is 12.3. The predicted molar refractivity (Wildman–Crippen MR) is 81.9 cm³/mol. The van der Waals surface area contributed by atoms with Crippen molar-refractivity contribution in [2.75, 3.05) is 18.9 Å². The van der Waals surface area contributed by atoms with Gasteiger partial charge >= 0.3 is 0 Å². The summed E-state index contributed by atoms with van der Waals surface area (Å²) >= 11 is 6.06. The van der Waals surface area contributed by atoms with Gasteiger partial charge in [0, 0.05) is 17.7 Å². The highest BCUT2D eigenvalue weighted by Crippen LogP contribution is 2.35. The lowest BCUT2D eigenvalue weighted by Crippen LogP contribution is -2.15. The molecule has 1 aliphatic heterocycles. The Bertz CT molecular complexity index is 801. The van der Waals surface area contributed by atoms with E-state index in [9.17, 15) is 0 Å². The summed E-state index contributed by atoms with van der Waals surface area (Å²) in [4.78, 5) is 7.83. The van der Waals surface area contributed by atoms with Gasteiger partial charge in [0.1, 0.15) is 19.0 Å². The number of imidazole rings is 1. The number of hydrogen-bond donors (Lipinski definition) is 2. The van der Waals surface area contributed by atoms with E-state index in [4.69, 9.17) is 26.8 Å². The highest BCUT2D eigenvalue weighted by molar-refractivity contribution is 6.33. The third-order valence-corrected chi connectivity index (χ3v) is 3.75. The lowest BCUT2D eigenvalue weighted by atomic mass is 10.2. The number of nitrogens with one attached hydrogen (secondary N) is 1. The van der Waals surface area contributed by atoms with Crippen LogP contribution in [0.4, 0.5) is 5.69 Å². The summed E-state index contributed by atoms with van der Waals surface area (Å²) in [5.74, 6) is 2.19. The van der Waals surface area contributed by atoms with Crippen molar-refractivity contribution in [2.24, 2.45) is 0 Å². The summed E-state index contributed by atoms with van der Waals surface area (Å²) < 4.78 is 11.1. The topological polar surface area (TPSA) is 73.2 Å². The lowest BCUT2D eigenvalue weighted by Gasteiger charge is -2.17. The van der Waals surface area contributed by atoms with Gasteiger partial charge in [0.15, 0.2) is 11.5 Å². The largest absolute Gasteiger partial charge is 0.486 e. The zero-order valence-electron chi connectivity index (χ0n) is 11.0. The molecule has 0 amide bonds. The molecule has 0 atom stereocenters. The van der Waals surface area contributed by atoms with Crippen molar-refractivity contribution in [1.82, 2.24) is 9.97 Å². The van der Waals surface area contributed by atoms with E-state index < -0.39 is 0 Å². The average molecular weight is 302 g/mol. The van der Waals surface area contributed by atoms with Crippen LogP contribution in [-0.4, -0.2) is 23.2 Å². The Balaban J connectivity index is 1.84. The number of nitrogen functional groups attached to an aromatic ring is 1. The van der Waals surface area contributed by atoms with Gasteiger partial charge in [0.2, 0.25) is 0 Å². The molecule has 3 N–H and O–H groups in total. The number of fused-ring (bicyclic) bond motifs is 2. The van der Waals surface area contributed by atoms with Gasteiger partial charge in [-0.25, -0.2) is 4.98 Å². The average Bonchev–Trinajstić information content (AvgIpc) is 2.90. The summed E-state index contributed by atoms with van der Waals surface area (Å²) in [6.45, 7) is 1.12. The second-order valence-corrected chi connectivity index (χ2v) is 5.24. The SMILES string of the molecule is Nc1ccc(-c2nc3cc4c(cc3[nH]2)OCCO4)cc1Cl. The lowest BCUT2D eigenvalue weighted by molar-refractivity contribution is 0.172. The van der Waals surface area contributed by atoms with Crippen LogP contribution in [0.3, 0.4) is 0 Å². The molecular weight excluding hydrogens is 290 g/mol. The highest BCUT2D eigenvalue weighted by atomic mass is 35.5. The fourth-order valence-electron chi connectivity index (χ4n) is 2.36. The minimum Gasteiger partial charge on any atom is -0.486 e. The van der Waals surface area contributed by atoms with E-state index in [1.165, 1.54) is 0 Å². The van der Waals surface area contributed by atoms with Crippen LogP contribution < -0.4 is 15.2 Å². The Labute approximate surface area is 125 Å². The van der Waals surface area contributed by atoms with Crippen molar-refractivity contribution in [3.8, 4) is 22.9 Å². The monoisotopic (exact) mass is 301 g/mol. The zero-order valence-corrected chi connectivity index (χ0v) is 11.8. The van der Waals surface area contributed by atoms with Crippen molar-refractivity contribution < 1.29 is 9.47 Å². The Hall–Kier alpha value is -2.40. The molecule has 0 aliphatic carbocycles. The van der Waals surface area contributed by atoms with Gasteiger partial charge in [0.25, 0.3) is 0 Å². The van der Waals surface area contributed by atoms with Gasteiger partial charge in [-0.05, 0) is 18.2 Å². The summed E-state index contributed by atoms with van der Waals surface area (Å²) in [6.07, 6.45) is 0. The molecule has 3 aromatic rings. The van der Waals surface area contributed by atoms with Crippen LogP contribution in [0.5, 0.6) is 11.5 Å². The summed E-state index contributed by atoms with van der Waals surface area (Å²) in [5.41, 5.74) is 8.87. The van der Waals surface area contributed by atoms with Crippen LogP contribution in [0.15, 0.2) is 30.3 Å². The van der Waals surface area contributed by atoms with Crippen LogP contribution in [0, 0.1) is 0 Å². The van der Waals surface area contributed by atoms with Gasteiger partial charge in [0.05, 0.1) is 21.7 Å². The maximum atomic E-state index is 6.06. The van der Waals surface area contributed by atoms with E-state index in [1.807, 2.05) is 18.2 Å². The summed E-state index contributed by atoms with van der Waals surface area (Å²) in [6, 6.07) is 9.22. The second kappa shape index (κ2) is 4.56. The summed E-state index contributed by atoms with van der Waals surface area (Å²) in [5, 5.41) is 0.513. The highest BCUT2D eigenvalue weighted by Gasteiger charge is 2.15. The fraction of sp³-hybridized carbons (Fsp3) is 0.133. The quantitative estimate of drug-likeness (QED) is 0.677. The Morgan fingerprint density at radius 2 is 1.86 bits per heavy atom. The number of rotatable bonds is 1. The first-order valence-corrected chi connectivity index (χ1v) is 6.93. The number of anilines is 1. The molecule has 4 rings (SSSR count). The van der Waals surface area contributed by atoms with Crippen LogP contribution in [0.2, 0.25) is 5.02 Å². The first-order chi connectivity index (χ1) is 10.2. The van der Waals surface area contributed by atoms with Crippen LogP contribution in [0.1, 0.15) is 0 Å². The molecule has 21 heavy (non-hydrogen) atoms. The van der Waals surface area contributed by atoms with Gasteiger partial charge < -0.3 is 20.2 Å². The molecular formula is C15H12ClN3O2. The standard InChI is InChI=1S/C15H12ClN3O2/c16-9-5-8(1-2-10(9)17)15-18-11-6-13-14(7-12(11)19-15)21-4-3-20-13/h1-2,5-7H,3-4,17H2,(H,18,19). The van der Waals surface area contributed by atoms with Crippen LogP contribution in [0.25, 0.3) is 22.4 Å². The molecule has 0 unspecified atom stereocenters. The molecule has 0 bridgehead atoms. The fourth-order valence-corrected chi connectivity index (χ4v) is 2.54. The van der Waals surface area contributed by atoms with Crippen molar-refractivity contribution in [3.05, 3.63) is 35.4 Å². The predicted octanol–water partition coefficient (Wildman–Crippen LogP) is 3.24. The molecule has 1 aromatic heterocycles. The van der Waals surface area contributed by atoms with E-state index in [1.54, 1.807) is 12.1 Å². The van der Waals surface area contributed by atoms with Crippen molar-refractivity contribution >= 4 is 28.3 Å². The maximum Gasteiger partial charge on any atom is 0.163 e. The summed E-state index contributed by atoms with van der Waals surface area (Å²) in [7, 11) is 0. The number of nitrogens with zero attached hydrogens (tertiary/aromatic N) is 1. The number of nitrogens with two attached hydrogens (primary N) is 1. The molecule has 2 heterocycles. The van der Waals surface area contributed by atoms with Crippen LogP contribution >= 0.6 is 11.6 Å². The molecule has 5 nitrogen and oxygen atoms in total. The number of aromatic nitrogens is 2. The number of aromatic amines is 1. The number of hydrogen-bond acceptors (Lipinski definition) is 4. The van der Waals surface area contributed by atoms with Crippen molar-refractivity contribution in [3.63, 3.8) is 0 Å². The van der Waals surface area contributed by atoms with Gasteiger partial charge in [-0.15, -0.1) is 0 Å². The molecule has 0 fully saturated rings. The van der Waals surface area contributed by atoms with E-state index in [-0.39, 0.29) is 0 Å². The molecule has 0 saturated carbocycles. The number of ether oxygens (including phenoxy) is 2. The zero-order chi connectivity index (χ0) is 14.4. The third kappa shape index (κ3) is 2.06. The normalized spacial score (nSPS) is 13.6. The van der Waals surface area contributed by atoms with Gasteiger partial charge in [-0.1, -0.05) is 11.6 Å². The smallest absolute Gasteiger partial charge is 0.163 e.